The molecule has 0 aromatic heterocycles. The van der Waals surface area contributed by atoms with Gasteiger partial charge >= 0.3 is 5.97 Å². The van der Waals surface area contributed by atoms with Gasteiger partial charge in [0, 0.05) is 32.5 Å². The lowest BCUT2D eigenvalue weighted by atomic mass is 9.43. The lowest BCUT2D eigenvalue weighted by Crippen LogP contribution is -2.69. The van der Waals surface area contributed by atoms with Gasteiger partial charge in [0.1, 0.15) is 6.10 Å². The van der Waals surface area contributed by atoms with Gasteiger partial charge in [0.15, 0.2) is 18.2 Å². The van der Waals surface area contributed by atoms with E-state index in [4.69, 9.17) is 24.7 Å². The van der Waals surface area contributed by atoms with E-state index >= 15 is 0 Å². The van der Waals surface area contributed by atoms with Crippen LogP contribution in [0, 0.1) is 45.3 Å². The summed E-state index contributed by atoms with van der Waals surface area (Å²) in [5.41, 5.74) is 6.59. The molecule has 13 atom stereocenters. The summed E-state index contributed by atoms with van der Waals surface area (Å²) in [4.78, 5) is 29.5. The summed E-state index contributed by atoms with van der Waals surface area (Å²) in [7, 11) is 0. The number of Topliss-reactive ketones (excluding diaryl/α,β-unsaturated/α-hetero) is 1. The molecule has 0 radical (unpaired) electrons. The number of morpholine rings is 1. The van der Waals surface area contributed by atoms with Crippen LogP contribution in [-0.4, -0.2) is 83.3 Å². The number of hydrogen-bond donors (Lipinski definition) is 2. The highest BCUT2D eigenvalue weighted by Gasteiger charge is 2.85. The summed E-state index contributed by atoms with van der Waals surface area (Å²) in [6, 6.07) is 10.6. The predicted molar refractivity (Wildman–Crippen MR) is 192 cm³/mol. The van der Waals surface area contributed by atoms with Gasteiger partial charge in [-0.25, -0.2) is 0 Å². The van der Waals surface area contributed by atoms with Gasteiger partial charge in [-0.3, -0.25) is 14.5 Å². The van der Waals surface area contributed by atoms with E-state index in [1.807, 2.05) is 0 Å². The Morgan fingerprint density at radius 1 is 1.08 bits per heavy atom. The normalized spacial score (nSPS) is 46.5. The molecule has 0 bridgehead atoms. The fraction of sp³-hybridized carbons (Fsp3) is 0.810. The second kappa shape index (κ2) is 12.1. The second-order valence-electron chi connectivity index (χ2n) is 19.3. The third-order valence-corrected chi connectivity index (χ3v) is 16.0. The van der Waals surface area contributed by atoms with E-state index in [2.05, 4.69) is 62.9 Å². The number of carbonyl (C=O) groups excluding carboxylic acids is 2. The van der Waals surface area contributed by atoms with Crippen molar-refractivity contribution in [3.05, 3.63) is 35.9 Å². The van der Waals surface area contributed by atoms with Crippen molar-refractivity contribution >= 4 is 11.8 Å². The zero-order valence-corrected chi connectivity index (χ0v) is 32.0. The van der Waals surface area contributed by atoms with Crippen molar-refractivity contribution in [1.29, 1.82) is 0 Å². The molecule has 5 aliphatic carbocycles. The molecule has 5 saturated carbocycles. The van der Waals surface area contributed by atoms with Crippen molar-refractivity contribution in [2.24, 2.45) is 51.1 Å². The maximum atomic E-state index is 14.9. The number of ether oxygens (including phenoxy) is 4. The predicted octanol–water partition coefficient (Wildman–Crippen LogP) is 5.65. The summed E-state index contributed by atoms with van der Waals surface area (Å²) in [5.74, 6) is 0.321. The van der Waals surface area contributed by atoms with Gasteiger partial charge in [-0.2, -0.15) is 0 Å². The topological polar surface area (TPSA) is 121 Å². The average Bonchev–Trinajstić information content (AvgIpc) is 3.70. The highest BCUT2D eigenvalue weighted by molar-refractivity contribution is 5.97. The maximum Gasteiger partial charge on any atom is 0.303 e. The third-order valence-electron chi connectivity index (χ3n) is 16.0. The van der Waals surface area contributed by atoms with Gasteiger partial charge in [0.25, 0.3) is 0 Å². The first kappa shape index (κ1) is 36.1. The van der Waals surface area contributed by atoms with Crippen molar-refractivity contribution in [2.75, 3.05) is 19.7 Å². The molecule has 51 heavy (non-hydrogen) atoms. The Balaban J connectivity index is 1.00. The fourth-order valence-corrected chi connectivity index (χ4v) is 13.9. The van der Waals surface area contributed by atoms with Crippen molar-refractivity contribution in [2.45, 2.75) is 148 Å². The van der Waals surface area contributed by atoms with E-state index in [0.29, 0.717) is 18.9 Å². The van der Waals surface area contributed by atoms with Crippen LogP contribution in [0.4, 0.5) is 0 Å². The number of nitrogens with zero attached hydrogens (tertiary/aromatic N) is 1. The SMILES string of the molecule is CC(=O)OC(C1CC(C)C2C(O1)C(=O)C1(N)C3CCC4C(C)(C)C(OC5CN(Cc6ccccc6)CCO5)CCC45CC35CCC21C)C(C)(C)O. The summed E-state index contributed by atoms with van der Waals surface area (Å²) < 4.78 is 25.5. The fourth-order valence-electron chi connectivity index (χ4n) is 13.9. The smallest absolute Gasteiger partial charge is 0.303 e. The minimum Gasteiger partial charge on any atom is -0.457 e. The van der Waals surface area contributed by atoms with Crippen LogP contribution in [0.3, 0.4) is 0 Å². The molecule has 9 heteroatoms. The van der Waals surface area contributed by atoms with Gasteiger partial charge in [-0.05, 0) is 110 Å². The van der Waals surface area contributed by atoms with Gasteiger partial charge < -0.3 is 29.8 Å². The van der Waals surface area contributed by atoms with Gasteiger partial charge in [0.2, 0.25) is 0 Å². The van der Waals surface area contributed by atoms with Crippen molar-refractivity contribution in [3.63, 3.8) is 0 Å². The Labute approximate surface area is 304 Å². The van der Waals surface area contributed by atoms with E-state index < -0.39 is 35.4 Å². The average molecular weight is 707 g/mol. The number of fused-ring (bicyclic) bond motifs is 4. The minimum absolute atomic E-state index is 0.00617. The number of aliphatic hydroxyl groups is 1. The number of rotatable bonds is 7. The molecule has 7 fully saturated rings. The molecule has 1 aromatic rings. The second-order valence-corrected chi connectivity index (χ2v) is 19.3. The Morgan fingerprint density at radius 2 is 1.78 bits per heavy atom. The number of ketones is 1. The Bertz CT molecular complexity index is 1530. The largest absolute Gasteiger partial charge is 0.457 e. The van der Waals surface area contributed by atoms with E-state index in [-0.39, 0.29) is 57.6 Å². The molecule has 3 N–H and O–H groups in total. The van der Waals surface area contributed by atoms with E-state index in [1.165, 1.54) is 12.5 Å². The molecular formula is C42H62N2O7. The van der Waals surface area contributed by atoms with Gasteiger partial charge in [0.05, 0.1) is 30.0 Å². The third kappa shape index (κ3) is 5.21. The Kier molecular flexibility index (Phi) is 8.54. The summed E-state index contributed by atoms with van der Waals surface area (Å²) >= 11 is 0. The summed E-state index contributed by atoms with van der Waals surface area (Å²) in [6.07, 6.45) is 5.69. The number of nitrogens with two attached hydrogens (primary N) is 1. The highest BCUT2D eigenvalue weighted by Crippen LogP contribution is 2.87. The van der Waals surface area contributed by atoms with Crippen LogP contribution in [0.5, 0.6) is 0 Å². The molecule has 2 spiro atoms. The molecule has 1 aromatic carbocycles. The first-order valence-electron chi connectivity index (χ1n) is 19.9. The molecule has 7 aliphatic rings. The van der Waals surface area contributed by atoms with Crippen LogP contribution in [0.25, 0.3) is 0 Å². The highest BCUT2D eigenvalue weighted by atomic mass is 16.7. The molecule has 2 aliphatic heterocycles. The molecule has 2 saturated heterocycles. The standard InChI is InChI=1S/C42H62N2O7/c1-25-21-28(36(38(5,6)47)49-26(2)45)50-34-33(25)39(7)17-18-41-24-40(41)16-15-31(37(3,4)29(40)13-14-30(41)42(39,43)35(34)46)51-32-23-44(19-20-48-32)22-27-11-9-8-10-12-27/h8-12,25,28-34,36,47H,13-24,43H2,1-7H3. The van der Waals surface area contributed by atoms with Crippen molar-refractivity contribution < 1.29 is 33.6 Å². The van der Waals surface area contributed by atoms with Crippen molar-refractivity contribution in [3.8, 4) is 0 Å². The van der Waals surface area contributed by atoms with Crippen molar-refractivity contribution in [1.82, 2.24) is 4.90 Å². The lowest BCUT2D eigenvalue weighted by Gasteiger charge is -2.62. The molecular weight excluding hydrogens is 644 g/mol. The Morgan fingerprint density at radius 3 is 2.49 bits per heavy atom. The quantitative estimate of drug-likeness (QED) is 0.347. The molecule has 8 rings (SSSR count). The number of benzene rings is 1. The first-order chi connectivity index (χ1) is 24.0. The number of carbonyl (C=O) groups is 2. The summed E-state index contributed by atoms with van der Waals surface area (Å²) in [6.45, 7) is 17.3. The zero-order chi connectivity index (χ0) is 36.4. The van der Waals surface area contributed by atoms with Gasteiger partial charge in [-0.15, -0.1) is 0 Å². The minimum atomic E-state index is -1.32. The van der Waals surface area contributed by atoms with E-state index in [9.17, 15) is 14.7 Å². The van der Waals surface area contributed by atoms with Gasteiger partial charge in [-0.1, -0.05) is 58.0 Å². The molecule has 0 amide bonds. The van der Waals surface area contributed by atoms with E-state index in [1.54, 1.807) is 13.8 Å². The lowest BCUT2D eigenvalue weighted by molar-refractivity contribution is -0.246. The number of hydrogen-bond acceptors (Lipinski definition) is 9. The maximum absolute atomic E-state index is 14.9. The van der Waals surface area contributed by atoms with Crippen LogP contribution in [-0.2, 0) is 35.1 Å². The molecule has 2 heterocycles. The Hall–Kier alpha value is -1.88. The van der Waals surface area contributed by atoms with Crippen LogP contribution < -0.4 is 5.73 Å². The van der Waals surface area contributed by atoms with Crippen LogP contribution in [0.2, 0.25) is 0 Å². The monoisotopic (exact) mass is 706 g/mol. The molecule has 13 unspecified atom stereocenters. The van der Waals surface area contributed by atoms with Crippen LogP contribution >= 0.6 is 0 Å². The first-order valence-corrected chi connectivity index (χ1v) is 19.9. The van der Waals surface area contributed by atoms with Crippen LogP contribution in [0.1, 0.15) is 105 Å². The number of esters is 1. The summed E-state index contributed by atoms with van der Waals surface area (Å²) in [5, 5.41) is 11.0. The van der Waals surface area contributed by atoms with E-state index in [0.717, 1.165) is 64.6 Å². The molecule has 9 nitrogen and oxygen atoms in total. The van der Waals surface area contributed by atoms with Crippen LogP contribution in [0.15, 0.2) is 30.3 Å². The molecule has 282 valence electrons. The zero-order valence-electron chi connectivity index (χ0n) is 32.0.